The summed E-state index contributed by atoms with van der Waals surface area (Å²) < 4.78 is 0. The zero-order valence-electron chi connectivity index (χ0n) is 6.12. The molecule has 0 unspecified atom stereocenters. The maximum absolute atomic E-state index is 10.2. The van der Waals surface area contributed by atoms with Gasteiger partial charge in [-0.2, -0.15) is 0 Å². The lowest BCUT2D eigenvalue weighted by Crippen LogP contribution is -2.15. The highest BCUT2D eigenvalue weighted by atomic mass is 16.4. The number of carboxylic acids is 1. The van der Waals surface area contributed by atoms with Crippen molar-refractivity contribution < 1.29 is 9.90 Å². The molecule has 11 heavy (non-hydrogen) atoms. The Morgan fingerprint density at radius 1 is 1.45 bits per heavy atom. The Hall–Kier alpha value is -1.19. The number of rotatable bonds is 5. The van der Waals surface area contributed by atoms with Gasteiger partial charge < -0.3 is 10.8 Å². The van der Waals surface area contributed by atoms with E-state index >= 15 is 0 Å². The SMILES string of the molecule is NCCCCC(=[N+]=O)C(=O)O. The molecule has 0 aromatic heterocycles. The Labute approximate surface area is 63.9 Å². The summed E-state index contributed by atoms with van der Waals surface area (Å²) in [5.41, 5.74) is 4.85. The zero-order chi connectivity index (χ0) is 8.69. The van der Waals surface area contributed by atoms with Gasteiger partial charge in [-0.05, 0) is 19.4 Å². The number of hydrogen-bond acceptors (Lipinski definition) is 3. The van der Waals surface area contributed by atoms with Crippen molar-refractivity contribution in [3.05, 3.63) is 4.91 Å². The van der Waals surface area contributed by atoms with Crippen LogP contribution in [0.4, 0.5) is 0 Å². The maximum Gasteiger partial charge on any atom is 0.455 e. The van der Waals surface area contributed by atoms with E-state index in [1.807, 2.05) is 0 Å². The molecule has 0 radical (unpaired) electrons. The summed E-state index contributed by atoms with van der Waals surface area (Å²) in [4.78, 5) is 22.4. The molecule has 0 aliphatic heterocycles. The first-order valence-electron chi connectivity index (χ1n) is 3.35. The van der Waals surface area contributed by atoms with Crippen LogP contribution in [-0.2, 0) is 4.79 Å². The summed E-state index contributed by atoms with van der Waals surface area (Å²) in [6.45, 7) is 0.506. The fourth-order valence-corrected chi connectivity index (χ4v) is 0.628. The van der Waals surface area contributed by atoms with Crippen molar-refractivity contribution in [2.45, 2.75) is 19.3 Å². The average Bonchev–Trinajstić information content (AvgIpc) is 1.97. The lowest BCUT2D eigenvalue weighted by molar-refractivity contribution is -0.129. The van der Waals surface area contributed by atoms with Gasteiger partial charge in [-0.15, -0.1) is 0 Å². The number of hydrogen-bond donors (Lipinski definition) is 2. The summed E-state index contributed by atoms with van der Waals surface area (Å²) in [6, 6.07) is 0. The topological polar surface area (TPSA) is 94.5 Å². The number of nitrogens with two attached hydrogens (primary N) is 1. The third-order valence-corrected chi connectivity index (χ3v) is 1.22. The van der Waals surface area contributed by atoms with Crippen LogP contribution in [0.15, 0.2) is 0 Å². The van der Waals surface area contributed by atoms with Crippen LogP contribution in [0.25, 0.3) is 0 Å². The second-order valence-electron chi connectivity index (χ2n) is 2.09. The predicted molar refractivity (Wildman–Crippen MR) is 41.0 cm³/mol. The Morgan fingerprint density at radius 2 is 2.09 bits per heavy atom. The van der Waals surface area contributed by atoms with Crippen molar-refractivity contribution in [1.82, 2.24) is 4.85 Å². The van der Waals surface area contributed by atoms with Crippen LogP contribution in [0.5, 0.6) is 0 Å². The molecule has 5 heteroatoms. The van der Waals surface area contributed by atoms with Crippen molar-refractivity contribution in [2.24, 2.45) is 5.73 Å². The number of nitroso groups, excluding NO2 is 1. The summed E-state index contributed by atoms with van der Waals surface area (Å²) in [7, 11) is 0. The van der Waals surface area contributed by atoms with Crippen molar-refractivity contribution in [2.75, 3.05) is 6.54 Å². The first-order chi connectivity index (χ1) is 5.22. The van der Waals surface area contributed by atoms with Crippen LogP contribution in [0.3, 0.4) is 0 Å². The molecule has 0 atom stereocenters. The first kappa shape index (κ1) is 9.81. The minimum absolute atomic E-state index is 0.204. The number of carbonyl (C=O) groups is 1. The monoisotopic (exact) mass is 159 g/mol. The smallest absolute Gasteiger partial charge is 0.455 e. The highest BCUT2D eigenvalue weighted by Crippen LogP contribution is 1.94. The predicted octanol–water partition coefficient (Wildman–Crippen LogP) is -0.525. The van der Waals surface area contributed by atoms with Gasteiger partial charge in [0.15, 0.2) is 4.91 Å². The van der Waals surface area contributed by atoms with Crippen LogP contribution in [0.2, 0.25) is 0 Å². The average molecular weight is 159 g/mol. The van der Waals surface area contributed by atoms with Gasteiger partial charge in [0.25, 0.3) is 0 Å². The third kappa shape index (κ3) is 4.25. The highest BCUT2D eigenvalue weighted by molar-refractivity contribution is 6.34. The number of unbranched alkanes of at least 4 members (excludes halogenated alkanes) is 1. The molecule has 0 heterocycles. The third-order valence-electron chi connectivity index (χ3n) is 1.22. The maximum atomic E-state index is 10.2. The fraction of sp³-hybridized carbons (Fsp3) is 0.667. The molecule has 0 saturated heterocycles. The van der Waals surface area contributed by atoms with Crippen LogP contribution >= 0.6 is 0 Å². The van der Waals surface area contributed by atoms with E-state index in [0.29, 0.717) is 19.4 Å². The van der Waals surface area contributed by atoms with E-state index in [0.717, 1.165) is 0 Å². The Kier molecular flexibility index (Phi) is 4.98. The summed E-state index contributed by atoms with van der Waals surface area (Å²) in [6.07, 6.45) is 1.52. The lowest BCUT2D eigenvalue weighted by Gasteiger charge is -1.88. The van der Waals surface area contributed by atoms with Crippen molar-refractivity contribution >= 4 is 11.7 Å². The molecular weight excluding hydrogens is 148 g/mol. The van der Waals surface area contributed by atoms with Gasteiger partial charge in [0.05, 0.1) is 6.42 Å². The summed E-state index contributed by atoms with van der Waals surface area (Å²) >= 11 is 0. The van der Waals surface area contributed by atoms with Crippen LogP contribution < -0.4 is 10.6 Å². The van der Waals surface area contributed by atoms with E-state index in [9.17, 15) is 9.70 Å². The van der Waals surface area contributed by atoms with Gasteiger partial charge in [0, 0.05) is 0 Å². The summed E-state index contributed by atoms with van der Waals surface area (Å²) in [5.74, 6) is -1.24. The van der Waals surface area contributed by atoms with Crippen LogP contribution in [0, 0.1) is 4.91 Å². The molecule has 0 saturated carbocycles. The molecule has 5 nitrogen and oxygen atoms in total. The minimum Gasteiger partial charge on any atom is -0.472 e. The number of aliphatic carboxylic acids is 1. The van der Waals surface area contributed by atoms with Gasteiger partial charge in [0.2, 0.25) is 4.85 Å². The largest absolute Gasteiger partial charge is 0.472 e. The van der Waals surface area contributed by atoms with E-state index in [1.54, 1.807) is 0 Å². The van der Waals surface area contributed by atoms with Crippen molar-refractivity contribution in [3.8, 4) is 0 Å². The summed E-state index contributed by atoms with van der Waals surface area (Å²) in [5, 5.41) is 8.31. The van der Waals surface area contributed by atoms with Crippen LogP contribution in [0.1, 0.15) is 19.3 Å². The Balaban J connectivity index is 3.73. The van der Waals surface area contributed by atoms with Gasteiger partial charge in [-0.25, -0.2) is 4.79 Å². The van der Waals surface area contributed by atoms with E-state index in [2.05, 4.69) is 4.85 Å². The molecule has 0 aliphatic rings. The molecule has 0 amide bonds. The van der Waals surface area contributed by atoms with Gasteiger partial charge in [-0.1, -0.05) is 0 Å². The molecule has 0 spiro atoms. The molecule has 0 fully saturated rings. The standard InChI is InChI=1S/C6H10N2O3/c7-4-2-1-3-5(8-11)6(9)10/h1-4,7H2/p+1. The molecule has 0 bridgehead atoms. The van der Waals surface area contributed by atoms with Gasteiger partial charge in [0.1, 0.15) is 0 Å². The van der Waals surface area contributed by atoms with E-state index in [4.69, 9.17) is 10.8 Å². The number of nitrogens with zero attached hydrogens (tertiary/aromatic N) is 1. The van der Waals surface area contributed by atoms with E-state index in [-0.39, 0.29) is 12.1 Å². The van der Waals surface area contributed by atoms with Crippen molar-refractivity contribution in [3.63, 3.8) is 0 Å². The van der Waals surface area contributed by atoms with Gasteiger partial charge in [-0.3, -0.25) is 0 Å². The normalized spacial score (nSPS) is 8.82. The Morgan fingerprint density at radius 3 is 2.45 bits per heavy atom. The van der Waals surface area contributed by atoms with E-state index in [1.165, 1.54) is 0 Å². The molecule has 0 aromatic rings. The van der Waals surface area contributed by atoms with Crippen LogP contribution in [-0.4, -0.2) is 23.3 Å². The fourth-order valence-electron chi connectivity index (χ4n) is 0.628. The van der Waals surface area contributed by atoms with Gasteiger partial charge >= 0.3 is 11.7 Å². The lowest BCUT2D eigenvalue weighted by atomic mass is 10.2. The zero-order valence-corrected chi connectivity index (χ0v) is 6.12. The molecule has 0 aliphatic carbocycles. The van der Waals surface area contributed by atoms with Crippen molar-refractivity contribution in [1.29, 1.82) is 0 Å². The number of carboxylic acid groups (broad SMARTS) is 1. The molecule has 0 aromatic carbocycles. The Bertz CT molecular complexity index is 184. The molecule has 0 rings (SSSR count). The minimum atomic E-state index is -1.24. The second-order valence-corrected chi connectivity index (χ2v) is 2.09. The molecule has 3 N–H and O–H groups in total. The second kappa shape index (κ2) is 5.58. The first-order valence-corrected chi connectivity index (χ1v) is 3.35. The molecule has 62 valence electrons. The highest BCUT2D eigenvalue weighted by Gasteiger charge is 2.22. The quantitative estimate of drug-likeness (QED) is 0.320. The van der Waals surface area contributed by atoms with E-state index < -0.39 is 5.97 Å². The molecular formula is C6H11N2O3+.